The van der Waals surface area contributed by atoms with Crippen molar-refractivity contribution in [2.24, 2.45) is 0 Å². The molecule has 5 nitrogen and oxygen atoms in total. The fourth-order valence-corrected chi connectivity index (χ4v) is 3.68. The number of nitro groups is 1. The Morgan fingerprint density at radius 2 is 1.79 bits per heavy atom. The van der Waals surface area contributed by atoms with Crippen molar-refractivity contribution in [3.05, 3.63) is 61.7 Å². The van der Waals surface area contributed by atoms with Gasteiger partial charge in [-0.05, 0) is 25.5 Å². The lowest BCUT2D eigenvalue weighted by atomic mass is 10.1. The Kier molecular flexibility index (Phi) is 3.28. The fourth-order valence-electron chi connectivity index (χ4n) is 1.94. The van der Waals surface area contributed by atoms with E-state index in [4.69, 9.17) is 0 Å². The van der Waals surface area contributed by atoms with Crippen molar-refractivity contribution in [1.29, 1.82) is 0 Å². The fraction of sp³-hybridized carbons (Fsp3) is 0.231. The molecule has 0 fully saturated rings. The summed E-state index contributed by atoms with van der Waals surface area (Å²) in [7, 11) is -3.59. The maximum absolute atomic E-state index is 11.9. The van der Waals surface area contributed by atoms with Crippen molar-refractivity contribution in [3.8, 4) is 0 Å². The first-order valence-electron chi connectivity index (χ1n) is 5.67. The predicted octanol–water partition coefficient (Wildman–Crippen LogP) is 2.32. The zero-order chi connectivity index (χ0) is 14.2. The molecule has 0 unspecified atom stereocenters. The third-order valence-electron chi connectivity index (χ3n) is 3.06. The maximum Gasteiger partial charge on any atom is 0.265 e. The Morgan fingerprint density at radius 3 is 2.26 bits per heavy atom. The van der Waals surface area contributed by atoms with Crippen LogP contribution in [0.1, 0.15) is 18.1 Å². The molecular weight excluding hydrogens is 266 g/mol. The number of allylic oxidation sites excluding steroid dienone is 1. The van der Waals surface area contributed by atoms with Crippen molar-refractivity contribution >= 4 is 15.9 Å². The zero-order valence-corrected chi connectivity index (χ0v) is 11.4. The van der Waals surface area contributed by atoms with E-state index in [2.05, 4.69) is 0 Å². The molecule has 1 aromatic carbocycles. The monoisotopic (exact) mass is 279 g/mol. The topological polar surface area (TPSA) is 77.3 Å². The van der Waals surface area contributed by atoms with Crippen molar-refractivity contribution in [3.63, 3.8) is 0 Å². The highest BCUT2D eigenvalue weighted by molar-refractivity contribution is 7.96. The summed E-state index contributed by atoms with van der Waals surface area (Å²) < 4.78 is 23.9. The molecule has 1 aromatic rings. The number of hydrogen-bond donors (Lipinski definition) is 0. The zero-order valence-electron chi connectivity index (χ0n) is 10.6. The average molecular weight is 279 g/mol. The van der Waals surface area contributed by atoms with E-state index in [1.54, 1.807) is 12.1 Å². The molecule has 1 aliphatic rings. The van der Waals surface area contributed by atoms with E-state index in [-0.39, 0.29) is 16.2 Å². The van der Waals surface area contributed by atoms with Crippen molar-refractivity contribution in [2.45, 2.75) is 13.8 Å². The minimum absolute atomic E-state index is 0.0445. The van der Waals surface area contributed by atoms with Crippen molar-refractivity contribution in [1.82, 2.24) is 0 Å². The number of sulfone groups is 1. The van der Waals surface area contributed by atoms with Crippen LogP contribution in [0.15, 0.2) is 40.4 Å². The van der Waals surface area contributed by atoms with E-state index in [9.17, 15) is 18.5 Å². The van der Waals surface area contributed by atoms with Crippen LogP contribution in [-0.4, -0.2) is 19.1 Å². The highest BCUT2D eigenvalue weighted by Crippen LogP contribution is 2.32. The molecule has 0 N–H and O–H groups in total. The van der Waals surface area contributed by atoms with E-state index in [1.165, 1.54) is 13.0 Å². The second-order valence-electron chi connectivity index (χ2n) is 4.51. The molecule has 0 radical (unpaired) electrons. The van der Waals surface area contributed by atoms with Crippen LogP contribution in [-0.2, 0) is 9.84 Å². The Bertz CT molecular complexity index is 697. The van der Waals surface area contributed by atoms with Gasteiger partial charge in [0.25, 0.3) is 5.70 Å². The summed E-state index contributed by atoms with van der Waals surface area (Å²) in [5.74, 6) is -0.524. The summed E-state index contributed by atoms with van der Waals surface area (Å²) in [6.45, 7) is 3.40. The van der Waals surface area contributed by atoms with Crippen LogP contribution in [0.3, 0.4) is 0 Å². The van der Waals surface area contributed by atoms with Gasteiger partial charge in [0.1, 0.15) is 5.75 Å². The third kappa shape index (κ3) is 2.58. The van der Waals surface area contributed by atoms with Crippen LogP contribution in [0.5, 0.6) is 0 Å². The summed E-state index contributed by atoms with van der Waals surface area (Å²) in [5.41, 5.74) is 1.77. The molecule has 0 amide bonds. The van der Waals surface area contributed by atoms with Crippen LogP contribution < -0.4 is 0 Å². The number of benzene rings is 1. The quantitative estimate of drug-likeness (QED) is 0.615. The minimum atomic E-state index is -3.59. The lowest BCUT2D eigenvalue weighted by molar-refractivity contribution is -0.424. The molecule has 0 aromatic heterocycles. The van der Waals surface area contributed by atoms with Crippen LogP contribution in [0.4, 0.5) is 0 Å². The van der Waals surface area contributed by atoms with Gasteiger partial charge in [-0.15, -0.1) is 0 Å². The molecule has 2 rings (SSSR count). The Hall–Kier alpha value is -1.95. The Morgan fingerprint density at radius 1 is 1.21 bits per heavy atom. The van der Waals surface area contributed by atoms with Gasteiger partial charge in [-0.25, -0.2) is 8.42 Å². The average Bonchev–Trinajstić information content (AvgIpc) is 2.55. The van der Waals surface area contributed by atoms with Crippen molar-refractivity contribution < 1.29 is 13.3 Å². The maximum atomic E-state index is 11.9. The van der Waals surface area contributed by atoms with Crippen LogP contribution in [0, 0.1) is 17.0 Å². The van der Waals surface area contributed by atoms with Crippen LogP contribution >= 0.6 is 0 Å². The largest absolute Gasteiger partial charge is 0.265 e. The van der Waals surface area contributed by atoms with Gasteiger partial charge in [-0.2, -0.15) is 0 Å². The summed E-state index contributed by atoms with van der Waals surface area (Å²) in [4.78, 5) is 10.2. The minimum Gasteiger partial charge on any atom is -0.259 e. The predicted molar refractivity (Wildman–Crippen MR) is 72.6 cm³/mol. The highest BCUT2D eigenvalue weighted by Gasteiger charge is 2.37. The first kappa shape index (κ1) is 13.5. The molecule has 1 heterocycles. The lowest BCUT2D eigenvalue weighted by Crippen LogP contribution is -2.06. The van der Waals surface area contributed by atoms with Gasteiger partial charge in [0.2, 0.25) is 0 Å². The normalized spacial score (nSPS) is 20.0. The van der Waals surface area contributed by atoms with Gasteiger partial charge >= 0.3 is 0 Å². The summed E-state index contributed by atoms with van der Waals surface area (Å²) in [5, 5.41) is 10.8. The molecule has 0 saturated carbocycles. The number of aryl methyl sites for hydroxylation is 1. The number of nitrogens with zero attached hydrogens (tertiary/aromatic N) is 1. The van der Waals surface area contributed by atoms with Gasteiger partial charge in [0.05, 0.1) is 9.83 Å². The summed E-state index contributed by atoms with van der Waals surface area (Å²) >= 11 is 0. The standard InChI is InChI=1S/C13H13NO4S/c1-9-3-5-11(6-4-9)7-13-10(2)12(14(15)16)8-19(13,17)18/h3-7H,8H2,1-2H3. The smallest absolute Gasteiger partial charge is 0.259 e. The lowest BCUT2D eigenvalue weighted by Gasteiger charge is -2.00. The first-order valence-corrected chi connectivity index (χ1v) is 7.32. The summed E-state index contributed by atoms with van der Waals surface area (Å²) in [6, 6.07) is 7.30. The molecule has 0 spiro atoms. The molecule has 1 aliphatic heterocycles. The molecule has 0 saturated heterocycles. The number of rotatable bonds is 2. The molecule has 0 bridgehead atoms. The van der Waals surface area contributed by atoms with E-state index in [0.29, 0.717) is 5.56 Å². The molecule has 100 valence electrons. The van der Waals surface area contributed by atoms with Crippen LogP contribution in [0.2, 0.25) is 0 Å². The van der Waals surface area contributed by atoms with Crippen molar-refractivity contribution in [2.75, 3.05) is 5.75 Å². The Labute approximate surface area is 111 Å². The molecule has 19 heavy (non-hydrogen) atoms. The van der Waals surface area contributed by atoms with Gasteiger partial charge in [-0.3, -0.25) is 10.1 Å². The van der Waals surface area contributed by atoms with Gasteiger partial charge in [-0.1, -0.05) is 29.8 Å². The molecular formula is C13H13NO4S. The Balaban J connectivity index is 2.53. The summed E-state index contributed by atoms with van der Waals surface area (Å²) in [6.07, 6.45) is 1.49. The third-order valence-corrected chi connectivity index (χ3v) is 4.81. The van der Waals surface area contributed by atoms with Gasteiger partial charge in [0.15, 0.2) is 9.84 Å². The van der Waals surface area contributed by atoms with E-state index < -0.39 is 20.5 Å². The molecule has 0 atom stereocenters. The SMILES string of the molecule is CC1=C([N+](=O)[O-])CS(=O)(=O)C1=Cc1ccc(C)cc1. The van der Waals surface area contributed by atoms with Crippen LogP contribution in [0.25, 0.3) is 6.08 Å². The molecule has 6 heteroatoms. The van der Waals surface area contributed by atoms with Gasteiger partial charge < -0.3 is 0 Å². The second kappa shape index (κ2) is 4.62. The van der Waals surface area contributed by atoms with Gasteiger partial charge in [0, 0.05) is 5.57 Å². The molecule has 0 aliphatic carbocycles. The van der Waals surface area contributed by atoms with E-state index >= 15 is 0 Å². The highest BCUT2D eigenvalue weighted by atomic mass is 32.2. The van der Waals surface area contributed by atoms with E-state index in [0.717, 1.165) is 5.56 Å². The number of hydrogen-bond acceptors (Lipinski definition) is 4. The van der Waals surface area contributed by atoms with E-state index in [1.807, 2.05) is 19.1 Å². The second-order valence-corrected chi connectivity index (χ2v) is 6.47. The first-order chi connectivity index (χ1) is 8.81.